The van der Waals surface area contributed by atoms with E-state index in [2.05, 4.69) is 15.4 Å². The summed E-state index contributed by atoms with van der Waals surface area (Å²) < 4.78 is 25.4. The normalized spacial score (nSPS) is 15.5. The van der Waals surface area contributed by atoms with Gasteiger partial charge in [-0.2, -0.15) is 10.1 Å². The number of hydrogen-bond acceptors (Lipinski definition) is 6. The number of aromatic nitrogens is 3. The Morgan fingerprint density at radius 1 is 1.17 bits per heavy atom. The third-order valence-electron chi connectivity index (χ3n) is 4.71. The molecule has 148 valence electrons. The molecule has 1 atom stereocenters. The van der Waals surface area contributed by atoms with Crippen molar-refractivity contribution in [2.24, 2.45) is 0 Å². The van der Waals surface area contributed by atoms with Crippen LogP contribution in [0.3, 0.4) is 0 Å². The zero-order chi connectivity index (χ0) is 20.4. The number of halogens is 1. The number of ether oxygens (including phenoxy) is 2. The van der Waals surface area contributed by atoms with Crippen molar-refractivity contribution in [3.63, 3.8) is 0 Å². The van der Waals surface area contributed by atoms with Gasteiger partial charge in [0.05, 0.1) is 12.7 Å². The Labute approximate surface area is 166 Å². The molecule has 0 fully saturated rings. The minimum atomic E-state index is -0.465. The highest BCUT2D eigenvalue weighted by Crippen LogP contribution is 2.35. The van der Waals surface area contributed by atoms with Gasteiger partial charge >= 0.3 is 5.97 Å². The van der Waals surface area contributed by atoms with Crippen molar-refractivity contribution in [2.75, 3.05) is 12.4 Å². The Hall–Kier alpha value is -3.68. The van der Waals surface area contributed by atoms with E-state index in [1.165, 1.54) is 25.6 Å². The number of fused-ring (bicyclic) bond motifs is 1. The number of nitrogens with zero attached hydrogens (tertiary/aromatic N) is 3. The lowest BCUT2D eigenvalue weighted by Gasteiger charge is -2.28. The van der Waals surface area contributed by atoms with Crippen LogP contribution in [0.1, 0.15) is 24.1 Å². The Bertz CT molecular complexity index is 1060. The molecule has 0 amide bonds. The SMILES string of the molecule is COC(=O)C1=C(C)Nc2ncnn2[C@@H]1c1ccc(OCc2ccc(F)cc2)cc1. The molecule has 1 N–H and O–H groups in total. The number of esters is 1. The van der Waals surface area contributed by atoms with Crippen molar-refractivity contribution in [2.45, 2.75) is 19.6 Å². The van der Waals surface area contributed by atoms with Gasteiger partial charge < -0.3 is 14.8 Å². The molecule has 0 unspecified atom stereocenters. The summed E-state index contributed by atoms with van der Waals surface area (Å²) in [4.78, 5) is 16.6. The van der Waals surface area contributed by atoms with Gasteiger partial charge in [-0.15, -0.1) is 0 Å². The lowest BCUT2D eigenvalue weighted by molar-refractivity contribution is -0.136. The number of hydrogen-bond donors (Lipinski definition) is 1. The fourth-order valence-electron chi connectivity index (χ4n) is 3.27. The molecule has 1 aliphatic rings. The van der Waals surface area contributed by atoms with Gasteiger partial charge in [0.15, 0.2) is 0 Å². The van der Waals surface area contributed by atoms with E-state index in [-0.39, 0.29) is 5.82 Å². The van der Waals surface area contributed by atoms with Crippen LogP contribution in [0.25, 0.3) is 0 Å². The minimum absolute atomic E-state index is 0.280. The highest BCUT2D eigenvalue weighted by atomic mass is 19.1. The molecule has 2 aromatic carbocycles. The largest absolute Gasteiger partial charge is 0.489 e. The highest BCUT2D eigenvalue weighted by molar-refractivity contribution is 5.92. The summed E-state index contributed by atoms with van der Waals surface area (Å²) in [5.74, 6) is 0.498. The maximum absolute atomic E-state index is 13.0. The first-order valence-electron chi connectivity index (χ1n) is 8.99. The van der Waals surface area contributed by atoms with Crippen LogP contribution in [0.15, 0.2) is 66.1 Å². The van der Waals surface area contributed by atoms with E-state index in [9.17, 15) is 9.18 Å². The van der Waals surface area contributed by atoms with Crippen molar-refractivity contribution in [1.82, 2.24) is 14.8 Å². The Morgan fingerprint density at radius 2 is 1.90 bits per heavy atom. The number of carbonyl (C=O) groups excluding carboxylic acids is 1. The molecule has 0 spiro atoms. The fourth-order valence-corrected chi connectivity index (χ4v) is 3.27. The summed E-state index contributed by atoms with van der Waals surface area (Å²) in [6.07, 6.45) is 1.43. The molecule has 0 saturated carbocycles. The monoisotopic (exact) mass is 394 g/mol. The lowest BCUT2D eigenvalue weighted by atomic mass is 9.96. The van der Waals surface area contributed by atoms with Crippen molar-refractivity contribution < 1.29 is 18.7 Å². The van der Waals surface area contributed by atoms with Crippen LogP contribution in [0.4, 0.5) is 10.3 Å². The van der Waals surface area contributed by atoms with Gasteiger partial charge in [-0.3, -0.25) is 0 Å². The van der Waals surface area contributed by atoms with E-state index in [4.69, 9.17) is 9.47 Å². The molecule has 4 rings (SSSR count). The van der Waals surface area contributed by atoms with Crippen LogP contribution in [0.5, 0.6) is 5.75 Å². The number of benzene rings is 2. The summed E-state index contributed by atoms with van der Waals surface area (Å²) in [6, 6.07) is 13.1. The Balaban J connectivity index is 1.58. The summed E-state index contributed by atoms with van der Waals surface area (Å²) in [7, 11) is 1.35. The predicted molar refractivity (Wildman–Crippen MR) is 104 cm³/mol. The first kappa shape index (κ1) is 18.7. The van der Waals surface area contributed by atoms with Crippen LogP contribution >= 0.6 is 0 Å². The average Bonchev–Trinajstić information content (AvgIpc) is 3.20. The number of nitrogens with one attached hydrogen (secondary N) is 1. The number of rotatable bonds is 5. The molecule has 1 aliphatic heterocycles. The second kappa shape index (κ2) is 7.75. The zero-order valence-electron chi connectivity index (χ0n) is 15.9. The molecule has 3 aromatic rings. The summed E-state index contributed by atoms with van der Waals surface area (Å²) >= 11 is 0. The molecule has 29 heavy (non-hydrogen) atoms. The second-order valence-electron chi connectivity index (χ2n) is 6.57. The molecule has 0 radical (unpaired) electrons. The van der Waals surface area contributed by atoms with Crippen LogP contribution in [0, 0.1) is 5.82 Å². The van der Waals surface area contributed by atoms with Crippen LogP contribution < -0.4 is 10.1 Å². The van der Waals surface area contributed by atoms with Gasteiger partial charge in [0.2, 0.25) is 5.95 Å². The van der Waals surface area contributed by atoms with E-state index in [1.807, 2.05) is 24.3 Å². The van der Waals surface area contributed by atoms with Crippen LogP contribution in [-0.2, 0) is 16.1 Å². The van der Waals surface area contributed by atoms with Crippen LogP contribution in [0.2, 0.25) is 0 Å². The third kappa shape index (κ3) is 3.69. The Kier molecular flexibility index (Phi) is 4.99. The van der Waals surface area contributed by atoms with E-state index in [0.29, 0.717) is 29.6 Å². The average molecular weight is 394 g/mol. The second-order valence-corrected chi connectivity index (χ2v) is 6.57. The lowest BCUT2D eigenvalue weighted by Crippen LogP contribution is -2.29. The highest BCUT2D eigenvalue weighted by Gasteiger charge is 2.33. The molecule has 7 nitrogen and oxygen atoms in total. The molecule has 8 heteroatoms. The Morgan fingerprint density at radius 3 is 2.59 bits per heavy atom. The standard InChI is InChI=1S/C21H19FN4O3/c1-13-18(20(27)28-2)19(26-21(25-13)23-12-24-26)15-5-9-17(10-6-15)29-11-14-3-7-16(22)8-4-14/h3-10,12,19H,11H2,1-2H3,(H,23,24,25)/t19-/m1/s1. The summed E-state index contributed by atoms with van der Waals surface area (Å²) in [6.45, 7) is 2.13. The molecule has 0 aliphatic carbocycles. The van der Waals surface area contributed by atoms with Crippen molar-refractivity contribution in [1.29, 1.82) is 0 Å². The van der Waals surface area contributed by atoms with Gasteiger partial charge in [0.25, 0.3) is 0 Å². The first-order valence-corrected chi connectivity index (χ1v) is 8.99. The fraction of sp³-hybridized carbons (Fsp3) is 0.190. The summed E-state index contributed by atoms with van der Waals surface area (Å²) in [5, 5.41) is 7.34. The topological polar surface area (TPSA) is 78.3 Å². The predicted octanol–water partition coefficient (Wildman–Crippen LogP) is 3.46. The van der Waals surface area contributed by atoms with Crippen LogP contribution in [-0.4, -0.2) is 27.8 Å². The molecule has 2 heterocycles. The molecular formula is C21H19FN4O3. The van der Waals surface area contributed by atoms with Gasteiger partial charge in [0, 0.05) is 5.70 Å². The van der Waals surface area contributed by atoms with Gasteiger partial charge in [-0.1, -0.05) is 24.3 Å². The number of methoxy groups -OCH3 is 1. The minimum Gasteiger partial charge on any atom is -0.489 e. The number of carbonyl (C=O) groups is 1. The van der Waals surface area contributed by atoms with Crippen molar-refractivity contribution >= 4 is 11.9 Å². The van der Waals surface area contributed by atoms with Crippen molar-refractivity contribution in [3.8, 4) is 5.75 Å². The molecule has 0 saturated heterocycles. The van der Waals surface area contributed by atoms with E-state index < -0.39 is 12.0 Å². The number of anilines is 1. The van der Waals surface area contributed by atoms with Gasteiger partial charge in [-0.05, 0) is 42.3 Å². The number of allylic oxidation sites excluding steroid dienone is 1. The smallest absolute Gasteiger partial charge is 0.338 e. The third-order valence-corrected chi connectivity index (χ3v) is 4.71. The van der Waals surface area contributed by atoms with E-state index in [1.54, 1.807) is 23.7 Å². The zero-order valence-corrected chi connectivity index (χ0v) is 15.9. The van der Waals surface area contributed by atoms with Crippen molar-refractivity contribution in [3.05, 3.63) is 83.1 Å². The molecule has 0 bridgehead atoms. The van der Waals surface area contributed by atoms with Gasteiger partial charge in [0.1, 0.15) is 30.5 Å². The molecular weight excluding hydrogens is 375 g/mol. The first-order chi connectivity index (χ1) is 14.1. The van der Waals surface area contributed by atoms with E-state index >= 15 is 0 Å². The maximum atomic E-state index is 13.0. The molecule has 1 aromatic heterocycles. The maximum Gasteiger partial charge on any atom is 0.338 e. The van der Waals surface area contributed by atoms with E-state index in [0.717, 1.165) is 11.1 Å². The quantitative estimate of drug-likeness (QED) is 0.668. The summed E-state index contributed by atoms with van der Waals surface area (Å²) in [5.41, 5.74) is 2.84. The van der Waals surface area contributed by atoms with Gasteiger partial charge in [-0.25, -0.2) is 13.9 Å².